The second-order valence-electron chi connectivity index (χ2n) is 5.97. The molecule has 2 aromatic carbocycles. The molecule has 0 aliphatic rings. The quantitative estimate of drug-likeness (QED) is 0.496. The van der Waals surface area contributed by atoms with Crippen LogP contribution >= 0.6 is 11.8 Å². The monoisotopic (exact) mass is 372 g/mol. The van der Waals surface area contributed by atoms with E-state index < -0.39 is 0 Å². The summed E-state index contributed by atoms with van der Waals surface area (Å²) < 4.78 is 29.1. The Bertz CT molecular complexity index is 1000. The molecule has 0 fully saturated rings. The van der Waals surface area contributed by atoms with Gasteiger partial charge in [0.15, 0.2) is 5.16 Å². The first kappa shape index (κ1) is 18.3. The van der Waals surface area contributed by atoms with Crippen molar-refractivity contribution in [2.45, 2.75) is 24.3 Å². The zero-order valence-corrected chi connectivity index (χ0v) is 15.3. The van der Waals surface area contributed by atoms with Gasteiger partial charge in [0.1, 0.15) is 11.6 Å². The average molecular weight is 372 g/mol. The van der Waals surface area contributed by atoms with Gasteiger partial charge in [-0.05, 0) is 30.2 Å². The summed E-state index contributed by atoms with van der Waals surface area (Å²) >= 11 is 1.30. The fourth-order valence-electron chi connectivity index (χ4n) is 2.65. The van der Waals surface area contributed by atoms with Gasteiger partial charge in [0.2, 0.25) is 0 Å². The summed E-state index contributed by atoms with van der Waals surface area (Å²) in [5.41, 5.74) is 1.83. The van der Waals surface area contributed by atoms with Gasteiger partial charge in [0.05, 0.1) is 0 Å². The highest BCUT2D eigenvalue weighted by atomic mass is 32.2. The van der Waals surface area contributed by atoms with E-state index in [9.17, 15) is 13.6 Å². The molecule has 0 saturated carbocycles. The summed E-state index contributed by atoms with van der Waals surface area (Å²) in [6.45, 7) is 1.74. The van der Waals surface area contributed by atoms with Crippen molar-refractivity contribution in [3.63, 3.8) is 0 Å². The number of nitrogens with zero attached hydrogens (tertiary/aromatic N) is 2. The zero-order chi connectivity index (χ0) is 18.7. The van der Waals surface area contributed by atoms with Crippen molar-refractivity contribution in [1.82, 2.24) is 9.55 Å². The third kappa shape index (κ3) is 3.85. The predicted molar refractivity (Wildman–Crippen MR) is 99.4 cm³/mol. The van der Waals surface area contributed by atoms with Crippen LogP contribution in [0.1, 0.15) is 22.4 Å². The van der Waals surface area contributed by atoms with Crippen LogP contribution in [0.25, 0.3) is 0 Å². The largest absolute Gasteiger partial charge is 0.291 e. The van der Waals surface area contributed by atoms with E-state index in [0.29, 0.717) is 33.3 Å². The topological polar surface area (TPSA) is 34.9 Å². The first-order valence-electron chi connectivity index (χ1n) is 8.13. The van der Waals surface area contributed by atoms with E-state index in [-0.39, 0.29) is 23.6 Å². The predicted octanol–water partition coefficient (Wildman–Crippen LogP) is 4.25. The number of halogens is 2. The van der Waals surface area contributed by atoms with Crippen molar-refractivity contribution in [1.29, 1.82) is 0 Å². The van der Waals surface area contributed by atoms with Gasteiger partial charge >= 0.3 is 0 Å². The van der Waals surface area contributed by atoms with Gasteiger partial charge in [0.25, 0.3) is 5.56 Å². The Kier molecular flexibility index (Phi) is 5.52. The summed E-state index contributed by atoms with van der Waals surface area (Å²) in [6, 6.07) is 12.9. The van der Waals surface area contributed by atoms with E-state index in [1.807, 2.05) is 0 Å². The average Bonchev–Trinajstić information content (AvgIpc) is 2.63. The third-order valence-electron chi connectivity index (χ3n) is 4.19. The van der Waals surface area contributed by atoms with Crippen LogP contribution in [0.15, 0.2) is 58.5 Å². The van der Waals surface area contributed by atoms with E-state index >= 15 is 0 Å². The van der Waals surface area contributed by atoms with Gasteiger partial charge in [-0.25, -0.2) is 13.8 Å². The number of aryl methyl sites for hydroxylation is 1. The van der Waals surface area contributed by atoms with Crippen LogP contribution in [0.3, 0.4) is 0 Å². The van der Waals surface area contributed by atoms with Gasteiger partial charge in [0, 0.05) is 30.5 Å². The molecule has 0 amide bonds. The van der Waals surface area contributed by atoms with Crippen LogP contribution in [0, 0.1) is 18.6 Å². The number of rotatable bonds is 5. The summed E-state index contributed by atoms with van der Waals surface area (Å²) in [5, 5.41) is 0.507. The molecule has 0 bridgehead atoms. The summed E-state index contributed by atoms with van der Waals surface area (Å²) in [7, 11) is 1.63. The van der Waals surface area contributed by atoms with Gasteiger partial charge in [-0.2, -0.15) is 0 Å². The van der Waals surface area contributed by atoms with Crippen LogP contribution in [0.4, 0.5) is 8.78 Å². The van der Waals surface area contributed by atoms with Gasteiger partial charge in [-0.1, -0.05) is 48.2 Å². The van der Waals surface area contributed by atoms with Crippen molar-refractivity contribution in [2.24, 2.45) is 7.05 Å². The number of hydrogen-bond acceptors (Lipinski definition) is 3. The summed E-state index contributed by atoms with van der Waals surface area (Å²) in [4.78, 5) is 17.2. The lowest BCUT2D eigenvalue weighted by Crippen LogP contribution is -2.26. The standard InChI is InChI=1S/C20H18F2N2OS/c1-13-16(11-14-7-3-5-9-17(14)21)19(25)24(2)20(23-13)26-12-15-8-4-6-10-18(15)22/h3-10H,11-12H2,1-2H3. The minimum Gasteiger partial charge on any atom is -0.291 e. The molecule has 1 aromatic heterocycles. The number of aromatic nitrogens is 2. The normalized spacial score (nSPS) is 10.9. The maximum Gasteiger partial charge on any atom is 0.257 e. The molecule has 134 valence electrons. The number of hydrogen-bond donors (Lipinski definition) is 0. The Morgan fingerprint density at radius 2 is 1.58 bits per heavy atom. The summed E-state index contributed by atoms with van der Waals surface area (Å²) in [6.07, 6.45) is 0.191. The fourth-order valence-corrected chi connectivity index (χ4v) is 3.65. The van der Waals surface area contributed by atoms with Crippen molar-refractivity contribution < 1.29 is 8.78 Å². The van der Waals surface area contributed by atoms with E-state index in [0.717, 1.165) is 0 Å². The van der Waals surface area contributed by atoms with Crippen LogP contribution in [-0.4, -0.2) is 9.55 Å². The minimum absolute atomic E-state index is 0.191. The van der Waals surface area contributed by atoms with Crippen molar-refractivity contribution >= 4 is 11.8 Å². The molecule has 1 heterocycles. The highest BCUT2D eigenvalue weighted by molar-refractivity contribution is 7.98. The SMILES string of the molecule is Cc1nc(SCc2ccccc2F)n(C)c(=O)c1Cc1ccccc1F. The molecule has 0 saturated heterocycles. The van der Waals surface area contributed by atoms with E-state index in [1.165, 1.54) is 28.5 Å². The molecule has 0 aliphatic carbocycles. The van der Waals surface area contributed by atoms with Crippen molar-refractivity contribution in [2.75, 3.05) is 0 Å². The molecular weight excluding hydrogens is 354 g/mol. The second-order valence-corrected chi connectivity index (χ2v) is 6.91. The summed E-state index contributed by atoms with van der Waals surface area (Å²) in [5.74, 6) is -0.246. The molecule has 0 aliphatic heterocycles. The lowest BCUT2D eigenvalue weighted by Gasteiger charge is -2.12. The Morgan fingerprint density at radius 1 is 1.00 bits per heavy atom. The highest BCUT2D eigenvalue weighted by Crippen LogP contribution is 2.22. The van der Waals surface area contributed by atoms with Gasteiger partial charge in [-0.15, -0.1) is 0 Å². The number of thioether (sulfide) groups is 1. The maximum absolute atomic E-state index is 13.9. The molecule has 3 rings (SSSR count). The molecule has 0 radical (unpaired) electrons. The molecule has 6 heteroatoms. The van der Waals surface area contributed by atoms with Crippen LogP contribution in [0.2, 0.25) is 0 Å². The molecule has 0 atom stereocenters. The Hall–Kier alpha value is -2.47. The van der Waals surface area contributed by atoms with Crippen LogP contribution in [-0.2, 0) is 19.2 Å². The van der Waals surface area contributed by atoms with Gasteiger partial charge < -0.3 is 0 Å². The molecule has 0 unspecified atom stereocenters. The Balaban J connectivity index is 1.87. The van der Waals surface area contributed by atoms with E-state index in [4.69, 9.17) is 0 Å². The molecule has 26 heavy (non-hydrogen) atoms. The van der Waals surface area contributed by atoms with Crippen LogP contribution < -0.4 is 5.56 Å². The minimum atomic E-state index is -0.341. The molecule has 0 N–H and O–H groups in total. The second kappa shape index (κ2) is 7.83. The molecule has 3 aromatic rings. The van der Waals surface area contributed by atoms with E-state index in [2.05, 4.69) is 4.98 Å². The maximum atomic E-state index is 13.9. The Labute approximate surface area is 154 Å². The first-order chi connectivity index (χ1) is 12.5. The molecule has 0 spiro atoms. The number of benzene rings is 2. The fraction of sp³-hybridized carbons (Fsp3) is 0.200. The van der Waals surface area contributed by atoms with Crippen molar-refractivity contribution in [3.05, 3.63) is 92.9 Å². The zero-order valence-electron chi connectivity index (χ0n) is 14.5. The smallest absolute Gasteiger partial charge is 0.257 e. The van der Waals surface area contributed by atoms with Gasteiger partial charge in [-0.3, -0.25) is 9.36 Å². The lowest BCUT2D eigenvalue weighted by molar-refractivity contribution is 0.611. The molecule has 3 nitrogen and oxygen atoms in total. The van der Waals surface area contributed by atoms with Crippen molar-refractivity contribution in [3.8, 4) is 0 Å². The first-order valence-corrected chi connectivity index (χ1v) is 9.12. The van der Waals surface area contributed by atoms with Crippen LogP contribution in [0.5, 0.6) is 0 Å². The Morgan fingerprint density at radius 3 is 2.19 bits per heavy atom. The third-order valence-corrected chi connectivity index (χ3v) is 5.27. The lowest BCUT2D eigenvalue weighted by atomic mass is 10.0. The highest BCUT2D eigenvalue weighted by Gasteiger charge is 2.15. The molecular formula is C20H18F2N2OS. The van der Waals surface area contributed by atoms with E-state index in [1.54, 1.807) is 50.4 Å².